The Kier molecular flexibility index (Phi) is 11.3. The second-order valence-corrected chi connectivity index (χ2v) is 16.7. The molecular weight excluding hydrogens is 797 g/mol. The summed E-state index contributed by atoms with van der Waals surface area (Å²) in [7, 11) is 2.58. The van der Waals surface area contributed by atoms with E-state index in [9.17, 15) is 19.2 Å². The molecule has 0 aliphatic carbocycles. The molecule has 7 aromatic rings. The fourth-order valence-electron chi connectivity index (χ4n) is 9.12. The summed E-state index contributed by atoms with van der Waals surface area (Å²) >= 11 is 0. The van der Waals surface area contributed by atoms with Gasteiger partial charge in [0.2, 0.25) is 5.91 Å². The lowest BCUT2D eigenvalue weighted by Crippen LogP contribution is -2.51. The van der Waals surface area contributed by atoms with Crippen molar-refractivity contribution in [2.45, 2.75) is 63.7 Å². The van der Waals surface area contributed by atoms with Crippen LogP contribution in [-0.2, 0) is 19.1 Å². The van der Waals surface area contributed by atoms with Crippen molar-refractivity contribution in [3.63, 3.8) is 0 Å². The zero-order valence-electron chi connectivity index (χ0n) is 35.7. The van der Waals surface area contributed by atoms with Gasteiger partial charge in [0.1, 0.15) is 23.7 Å². The standard InChI is InChI=1S/C49H50N8O6/c1-28(2)42(54-48(60)62-3)46(58)56-22-8-12-40(56)44-50-36-20-18-34(26-38(36)52-44)32-16-14-31-25-33(17-15-30(31)24-32)35-19-21-37-39(27-35)53-45(51-37)41-13-9-23-57(41)47(59)43(55-49(61)63-4)29-10-6-5-7-11-29/h5-7,10-11,14-21,24-28,40-43H,8-9,12-13,22-23H2,1-4H3,(H,50,52)(H,51,53)(H,54,60)(H,55,61)/t40-,41-,42-,43+/m0/s1. The third kappa shape index (κ3) is 8.16. The maximum absolute atomic E-state index is 14.0. The summed E-state index contributed by atoms with van der Waals surface area (Å²) in [5.74, 6) is 0.996. The maximum atomic E-state index is 14.0. The topological polar surface area (TPSA) is 175 Å². The number of ether oxygens (including phenoxy) is 2. The number of alkyl carbamates (subject to hydrolysis) is 2. The molecule has 2 aromatic heterocycles. The van der Waals surface area contributed by atoms with E-state index in [1.54, 1.807) is 4.90 Å². The number of rotatable bonds is 10. The number of hydrogen-bond acceptors (Lipinski definition) is 8. The summed E-state index contributed by atoms with van der Waals surface area (Å²) in [5.41, 5.74) is 8.31. The average molecular weight is 847 g/mol. The van der Waals surface area contributed by atoms with Crippen LogP contribution in [0.25, 0.3) is 55.1 Å². The first-order valence-electron chi connectivity index (χ1n) is 21.5. The number of imidazole rings is 2. The normalized spacial score (nSPS) is 17.3. The van der Waals surface area contributed by atoms with Crippen molar-refractivity contribution in [1.29, 1.82) is 0 Å². The molecule has 0 spiro atoms. The Morgan fingerprint density at radius 1 is 0.619 bits per heavy atom. The number of carbonyl (C=O) groups excluding carboxylic acids is 4. The van der Waals surface area contributed by atoms with Crippen molar-refractivity contribution in [3.05, 3.63) is 120 Å². The highest BCUT2D eigenvalue weighted by molar-refractivity contribution is 5.94. The Morgan fingerprint density at radius 3 is 1.60 bits per heavy atom. The predicted molar refractivity (Wildman–Crippen MR) is 240 cm³/mol. The van der Waals surface area contributed by atoms with E-state index in [2.05, 4.69) is 81.3 Å². The van der Waals surface area contributed by atoms with Crippen LogP contribution in [0.4, 0.5) is 9.59 Å². The largest absolute Gasteiger partial charge is 0.453 e. The van der Waals surface area contributed by atoms with Crippen molar-refractivity contribution < 1.29 is 28.7 Å². The summed E-state index contributed by atoms with van der Waals surface area (Å²) in [6.45, 7) is 4.96. The Hall–Kier alpha value is -7.22. The van der Waals surface area contributed by atoms with Crippen LogP contribution in [0.3, 0.4) is 0 Å². The zero-order valence-corrected chi connectivity index (χ0v) is 35.7. The number of likely N-dealkylation sites (tertiary alicyclic amines) is 2. The first-order valence-corrected chi connectivity index (χ1v) is 21.5. The van der Waals surface area contributed by atoms with Gasteiger partial charge in [-0.1, -0.05) is 80.6 Å². The molecule has 0 radical (unpaired) electrons. The lowest BCUT2D eigenvalue weighted by Gasteiger charge is -2.29. The molecule has 0 bridgehead atoms. The highest BCUT2D eigenvalue weighted by atomic mass is 16.5. The number of fused-ring (bicyclic) bond motifs is 3. The number of nitrogens with one attached hydrogen (secondary N) is 4. The number of aromatic nitrogens is 4. The monoisotopic (exact) mass is 846 g/mol. The molecule has 2 saturated heterocycles. The lowest BCUT2D eigenvalue weighted by molar-refractivity contribution is -0.135. The number of amides is 4. The molecule has 322 valence electrons. The van der Waals surface area contributed by atoms with Crippen LogP contribution in [0.5, 0.6) is 0 Å². The minimum atomic E-state index is -0.885. The van der Waals surface area contributed by atoms with Crippen LogP contribution in [0.15, 0.2) is 103 Å². The number of aromatic amines is 2. The second-order valence-electron chi connectivity index (χ2n) is 16.7. The van der Waals surface area contributed by atoms with E-state index < -0.39 is 24.3 Å². The molecule has 4 atom stereocenters. The summed E-state index contributed by atoms with van der Waals surface area (Å²) in [6.07, 6.45) is 1.90. The highest BCUT2D eigenvalue weighted by Gasteiger charge is 2.39. The van der Waals surface area contributed by atoms with Gasteiger partial charge in [0.05, 0.1) is 48.4 Å². The van der Waals surface area contributed by atoms with Crippen molar-refractivity contribution in [2.75, 3.05) is 27.3 Å². The summed E-state index contributed by atoms with van der Waals surface area (Å²) in [6, 6.07) is 32.4. The van der Waals surface area contributed by atoms with Crippen molar-refractivity contribution in [2.24, 2.45) is 5.92 Å². The van der Waals surface area contributed by atoms with E-state index in [-0.39, 0.29) is 29.8 Å². The fourth-order valence-corrected chi connectivity index (χ4v) is 9.12. The second kappa shape index (κ2) is 17.3. The molecule has 2 aliphatic heterocycles. The van der Waals surface area contributed by atoms with Gasteiger partial charge in [0.15, 0.2) is 0 Å². The Morgan fingerprint density at radius 2 is 1.10 bits per heavy atom. The summed E-state index contributed by atoms with van der Waals surface area (Å²) < 4.78 is 9.64. The van der Waals surface area contributed by atoms with Gasteiger partial charge >= 0.3 is 12.2 Å². The van der Waals surface area contributed by atoms with Crippen LogP contribution in [0, 0.1) is 5.92 Å². The van der Waals surface area contributed by atoms with Gasteiger partial charge in [0, 0.05) is 13.1 Å². The van der Waals surface area contributed by atoms with E-state index in [0.29, 0.717) is 24.5 Å². The van der Waals surface area contributed by atoms with Gasteiger partial charge < -0.3 is 39.9 Å². The molecule has 9 rings (SSSR count). The molecule has 63 heavy (non-hydrogen) atoms. The molecule has 14 nitrogen and oxygen atoms in total. The minimum absolute atomic E-state index is 0.111. The van der Waals surface area contributed by atoms with E-state index in [4.69, 9.17) is 19.4 Å². The molecule has 0 saturated carbocycles. The van der Waals surface area contributed by atoms with E-state index in [1.807, 2.05) is 61.2 Å². The van der Waals surface area contributed by atoms with E-state index in [1.165, 1.54) is 14.2 Å². The van der Waals surface area contributed by atoms with Gasteiger partial charge in [-0.15, -0.1) is 0 Å². The third-order valence-corrected chi connectivity index (χ3v) is 12.4. The van der Waals surface area contributed by atoms with Gasteiger partial charge in [-0.05, 0) is 107 Å². The highest BCUT2D eigenvalue weighted by Crippen LogP contribution is 2.37. The number of hydrogen-bond donors (Lipinski definition) is 4. The minimum Gasteiger partial charge on any atom is -0.453 e. The van der Waals surface area contributed by atoms with Crippen molar-refractivity contribution in [1.82, 2.24) is 40.4 Å². The quantitative estimate of drug-likeness (QED) is 0.106. The number of nitrogens with zero attached hydrogens (tertiary/aromatic N) is 4. The molecule has 4 amide bonds. The zero-order chi connectivity index (χ0) is 43.8. The van der Waals surface area contributed by atoms with Crippen molar-refractivity contribution >= 4 is 56.8 Å². The Balaban J connectivity index is 0.921. The number of methoxy groups -OCH3 is 2. The molecule has 0 unspecified atom stereocenters. The Labute approximate surface area is 364 Å². The van der Waals surface area contributed by atoms with E-state index >= 15 is 0 Å². The molecule has 5 aromatic carbocycles. The van der Waals surface area contributed by atoms with Crippen LogP contribution in [0.1, 0.15) is 74.9 Å². The fraction of sp³-hybridized carbons (Fsp3) is 0.306. The molecule has 14 heteroatoms. The molecule has 4 heterocycles. The van der Waals surface area contributed by atoms with E-state index in [0.717, 1.165) is 86.6 Å². The summed E-state index contributed by atoms with van der Waals surface area (Å²) in [5, 5.41) is 7.65. The molecular formula is C49H50N8O6. The maximum Gasteiger partial charge on any atom is 0.407 e. The SMILES string of the molecule is COC(=O)N[C@H](C(=O)N1CCC[C@H]1c1nc2ccc(-c3ccc4cc(-c5ccc6nc([C@@H]7CCCN7C(=O)[C@H](NC(=O)OC)c7ccccc7)[nH]c6c5)ccc4c3)cc2[nH]1)C(C)C. The number of carbonyl (C=O) groups is 4. The first kappa shape index (κ1) is 41.1. The predicted octanol–water partition coefficient (Wildman–Crippen LogP) is 8.73. The van der Waals surface area contributed by atoms with Gasteiger partial charge in [-0.2, -0.15) is 0 Å². The van der Waals surface area contributed by atoms with Crippen LogP contribution < -0.4 is 10.6 Å². The molecule has 4 N–H and O–H groups in total. The Bertz CT molecular complexity index is 2850. The van der Waals surface area contributed by atoms with Crippen LogP contribution in [0.2, 0.25) is 0 Å². The molecule has 2 aliphatic rings. The average Bonchev–Trinajstić information content (AvgIpc) is 4.15. The van der Waals surface area contributed by atoms with Crippen LogP contribution in [-0.4, -0.2) is 87.1 Å². The van der Waals surface area contributed by atoms with Crippen LogP contribution >= 0.6 is 0 Å². The van der Waals surface area contributed by atoms with Gasteiger partial charge in [-0.3, -0.25) is 9.59 Å². The third-order valence-electron chi connectivity index (χ3n) is 12.4. The van der Waals surface area contributed by atoms with Gasteiger partial charge in [0.25, 0.3) is 5.91 Å². The first-order chi connectivity index (χ1) is 30.6. The number of H-pyrrole nitrogens is 2. The lowest BCUT2D eigenvalue weighted by atomic mass is 9.97. The van der Waals surface area contributed by atoms with Crippen molar-refractivity contribution in [3.8, 4) is 22.3 Å². The van der Waals surface area contributed by atoms with Gasteiger partial charge in [-0.25, -0.2) is 19.6 Å². The summed E-state index contributed by atoms with van der Waals surface area (Å²) in [4.78, 5) is 72.5. The smallest absolute Gasteiger partial charge is 0.407 e. The molecule has 2 fully saturated rings. The number of benzene rings is 5.